The summed E-state index contributed by atoms with van der Waals surface area (Å²) < 4.78 is 11.4. The monoisotopic (exact) mass is 356 g/mol. The number of para-hydroxylation sites is 1. The minimum atomic E-state index is -0.463. The lowest BCUT2D eigenvalue weighted by Crippen LogP contribution is -2.34. The molecule has 130 valence electrons. The number of aryl methyl sites for hydroxylation is 1. The Labute approximate surface area is 150 Å². The van der Waals surface area contributed by atoms with E-state index in [4.69, 9.17) is 15.0 Å². The molecule has 7 heteroatoms. The van der Waals surface area contributed by atoms with E-state index in [1.807, 2.05) is 36.6 Å². The smallest absolute Gasteiger partial charge is 0.261 e. The molecule has 0 aliphatic heterocycles. The van der Waals surface area contributed by atoms with Crippen LogP contribution in [-0.2, 0) is 12.1 Å². The summed E-state index contributed by atoms with van der Waals surface area (Å²) in [7, 11) is 0. The molecule has 0 atom stereocenters. The highest BCUT2D eigenvalue weighted by Gasteiger charge is 2.36. The zero-order chi connectivity index (χ0) is 17.3. The van der Waals surface area contributed by atoms with Gasteiger partial charge in [-0.15, -0.1) is 11.3 Å². The third-order valence-electron chi connectivity index (χ3n) is 4.53. The molecule has 0 unspecified atom stereocenters. The number of benzene rings is 1. The molecule has 1 saturated carbocycles. The van der Waals surface area contributed by atoms with E-state index in [0.717, 1.165) is 41.9 Å². The van der Waals surface area contributed by atoms with Crippen LogP contribution in [0, 0.1) is 6.92 Å². The van der Waals surface area contributed by atoms with E-state index in [1.54, 1.807) is 11.3 Å². The molecule has 2 heterocycles. The molecular formula is C18H20N4O2S. The number of rotatable bonds is 5. The van der Waals surface area contributed by atoms with Crippen LogP contribution >= 0.6 is 11.3 Å². The Bertz CT molecular complexity index is 867. The summed E-state index contributed by atoms with van der Waals surface area (Å²) >= 11 is 1.61. The molecule has 1 aliphatic carbocycles. The average Bonchev–Trinajstić information content (AvgIpc) is 3.35. The molecule has 0 amide bonds. The molecule has 2 N–H and O–H groups in total. The lowest BCUT2D eigenvalue weighted by Gasteiger charge is -2.17. The highest BCUT2D eigenvalue weighted by molar-refractivity contribution is 7.09. The van der Waals surface area contributed by atoms with Gasteiger partial charge in [-0.3, -0.25) is 0 Å². The highest BCUT2D eigenvalue weighted by Crippen LogP contribution is 2.36. The number of thiazole rings is 1. The van der Waals surface area contributed by atoms with Crippen molar-refractivity contribution in [3.63, 3.8) is 0 Å². The van der Waals surface area contributed by atoms with Crippen LogP contribution in [0.2, 0.25) is 0 Å². The summed E-state index contributed by atoms with van der Waals surface area (Å²) in [6.45, 7) is 2.39. The largest absolute Gasteiger partial charge is 0.486 e. The average molecular weight is 356 g/mol. The van der Waals surface area contributed by atoms with Gasteiger partial charge in [0, 0.05) is 5.38 Å². The second-order valence-corrected chi connectivity index (χ2v) is 7.49. The van der Waals surface area contributed by atoms with E-state index in [-0.39, 0.29) is 0 Å². The minimum Gasteiger partial charge on any atom is -0.486 e. The Morgan fingerprint density at radius 1 is 1.24 bits per heavy atom. The number of ether oxygens (including phenoxy) is 1. The summed E-state index contributed by atoms with van der Waals surface area (Å²) in [5.41, 5.74) is 7.65. The molecule has 1 fully saturated rings. The number of aromatic nitrogens is 3. The Kier molecular flexibility index (Phi) is 4.27. The van der Waals surface area contributed by atoms with Gasteiger partial charge >= 0.3 is 0 Å². The van der Waals surface area contributed by atoms with Crippen LogP contribution in [0.15, 0.2) is 34.2 Å². The third kappa shape index (κ3) is 3.29. The van der Waals surface area contributed by atoms with Crippen LogP contribution in [0.4, 0.5) is 0 Å². The Morgan fingerprint density at radius 2 is 2.04 bits per heavy atom. The Balaban J connectivity index is 1.57. The highest BCUT2D eigenvalue weighted by atomic mass is 32.1. The van der Waals surface area contributed by atoms with E-state index in [1.165, 1.54) is 0 Å². The van der Waals surface area contributed by atoms with Gasteiger partial charge in [0.05, 0.1) is 21.8 Å². The molecule has 6 nitrogen and oxygen atoms in total. The predicted molar refractivity (Wildman–Crippen MR) is 95.3 cm³/mol. The maximum absolute atomic E-state index is 6.42. The van der Waals surface area contributed by atoms with Crippen LogP contribution in [-0.4, -0.2) is 15.1 Å². The van der Waals surface area contributed by atoms with Crippen molar-refractivity contribution in [1.82, 2.24) is 15.1 Å². The molecule has 25 heavy (non-hydrogen) atoms. The number of nitrogens with two attached hydrogens (primary N) is 1. The van der Waals surface area contributed by atoms with Crippen molar-refractivity contribution in [1.29, 1.82) is 0 Å². The van der Waals surface area contributed by atoms with Gasteiger partial charge in [0.25, 0.3) is 5.89 Å². The topological polar surface area (TPSA) is 87.1 Å². The maximum atomic E-state index is 6.42. The fourth-order valence-electron chi connectivity index (χ4n) is 3.16. The van der Waals surface area contributed by atoms with Crippen LogP contribution in [0.25, 0.3) is 11.5 Å². The lowest BCUT2D eigenvalue weighted by molar-refractivity contribution is 0.301. The first-order valence-electron chi connectivity index (χ1n) is 8.40. The zero-order valence-electron chi connectivity index (χ0n) is 14.1. The first-order chi connectivity index (χ1) is 12.1. The van der Waals surface area contributed by atoms with Gasteiger partial charge in [-0.25, -0.2) is 4.98 Å². The van der Waals surface area contributed by atoms with Crippen molar-refractivity contribution in [2.24, 2.45) is 5.73 Å². The molecule has 0 saturated heterocycles. The van der Waals surface area contributed by atoms with E-state index < -0.39 is 5.54 Å². The maximum Gasteiger partial charge on any atom is 0.261 e. The second kappa shape index (κ2) is 6.57. The van der Waals surface area contributed by atoms with Crippen LogP contribution in [0.1, 0.15) is 42.2 Å². The molecule has 0 spiro atoms. The van der Waals surface area contributed by atoms with Gasteiger partial charge in [0.1, 0.15) is 12.4 Å². The Hall–Kier alpha value is -2.25. The Morgan fingerprint density at radius 3 is 2.80 bits per heavy atom. The summed E-state index contributed by atoms with van der Waals surface area (Å²) in [5.74, 6) is 1.72. The van der Waals surface area contributed by atoms with Crippen molar-refractivity contribution >= 4 is 11.3 Å². The number of hydrogen-bond donors (Lipinski definition) is 1. The molecular weight excluding hydrogens is 336 g/mol. The van der Waals surface area contributed by atoms with Crippen LogP contribution in [0.5, 0.6) is 5.75 Å². The zero-order valence-corrected chi connectivity index (χ0v) is 14.9. The number of nitrogens with zero attached hydrogens (tertiary/aromatic N) is 3. The van der Waals surface area contributed by atoms with E-state index in [2.05, 4.69) is 15.1 Å². The third-order valence-corrected chi connectivity index (χ3v) is 5.35. The van der Waals surface area contributed by atoms with E-state index in [0.29, 0.717) is 24.1 Å². The first kappa shape index (κ1) is 16.2. The number of hydrogen-bond acceptors (Lipinski definition) is 7. The molecule has 1 aromatic carbocycles. The van der Waals surface area contributed by atoms with Crippen molar-refractivity contribution in [3.05, 3.63) is 46.2 Å². The van der Waals surface area contributed by atoms with Crippen molar-refractivity contribution in [2.45, 2.75) is 44.8 Å². The molecule has 3 aromatic rings. The summed E-state index contributed by atoms with van der Waals surface area (Å²) in [6.07, 6.45) is 4.00. The van der Waals surface area contributed by atoms with Gasteiger partial charge in [-0.1, -0.05) is 30.1 Å². The molecule has 4 rings (SSSR count). The van der Waals surface area contributed by atoms with Crippen molar-refractivity contribution in [3.8, 4) is 17.2 Å². The summed E-state index contributed by atoms with van der Waals surface area (Å²) in [4.78, 5) is 8.98. The summed E-state index contributed by atoms with van der Waals surface area (Å²) in [5, 5.41) is 7.16. The molecule has 0 bridgehead atoms. The van der Waals surface area contributed by atoms with Gasteiger partial charge < -0.3 is 15.0 Å². The standard InChI is InChI=1S/C18H20N4O2S/c1-12-20-13(11-25-12)10-23-15-7-3-2-6-14(15)16-21-17(22-24-16)18(19)8-4-5-9-18/h2-3,6-7,11H,4-5,8-10,19H2,1H3. The van der Waals surface area contributed by atoms with Crippen LogP contribution in [0.3, 0.4) is 0 Å². The lowest BCUT2D eigenvalue weighted by atomic mass is 9.99. The van der Waals surface area contributed by atoms with Crippen molar-refractivity contribution < 1.29 is 9.26 Å². The summed E-state index contributed by atoms with van der Waals surface area (Å²) in [6, 6.07) is 7.65. The van der Waals surface area contributed by atoms with Crippen LogP contribution < -0.4 is 10.5 Å². The van der Waals surface area contributed by atoms with Gasteiger partial charge in [-0.05, 0) is 31.9 Å². The molecule has 0 radical (unpaired) electrons. The molecule has 1 aliphatic rings. The fraction of sp³-hybridized carbons (Fsp3) is 0.389. The van der Waals surface area contributed by atoms with Gasteiger partial charge in [0.2, 0.25) is 0 Å². The fourth-order valence-corrected chi connectivity index (χ4v) is 3.76. The second-order valence-electron chi connectivity index (χ2n) is 6.43. The quantitative estimate of drug-likeness (QED) is 0.748. The van der Waals surface area contributed by atoms with E-state index in [9.17, 15) is 0 Å². The van der Waals surface area contributed by atoms with Gasteiger partial charge in [-0.2, -0.15) is 4.98 Å². The first-order valence-corrected chi connectivity index (χ1v) is 9.28. The normalized spacial score (nSPS) is 16.2. The SMILES string of the molecule is Cc1nc(COc2ccccc2-c2nc(C3(N)CCCC3)no2)cs1. The van der Waals surface area contributed by atoms with Crippen molar-refractivity contribution in [2.75, 3.05) is 0 Å². The molecule has 2 aromatic heterocycles. The van der Waals surface area contributed by atoms with Gasteiger partial charge in [0.15, 0.2) is 5.82 Å². The minimum absolute atomic E-state index is 0.406. The predicted octanol–water partition coefficient (Wildman–Crippen LogP) is 3.81. The van der Waals surface area contributed by atoms with E-state index >= 15 is 0 Å².